The molecule has 4 nitrogen and oxygen atoms in total. The van der Waals surface area contributed by atoms with E-state index < -0.39 is 0 Å². The summed E-state index contributed by atoms with van der Waals surface area (Å²) >= 11 is 0. The number of rotatable bonds is 7. The molecule has 102 valence electrons. The molecule has 0 radical (unpaired) electrons. The third-order valence-corrected chi connectivity index (χ3v) is 3.22. The van der Waals surface area contributed by atoms with Crippen LogP contribution in [0.5, 0.6) is 0 Å². The van der Waals surface area contributed by atoms with Gasteiger partial charge < -0.3 is 15.1 Å². The summed E-state index contributed by atoms with van der Waals surface area (Å²) in [6.07, 6.45) is 1.46. The first kappa shape index (κ1) is 14.8. The number of carbonyl (C=O) groups is 1. The molecule has 1 rings (SSSR count). The van der Waals surface area contributed by atoms with Crippen molar-refractivity contribution in [2.45, 2.75) is 33.6 Å². The fourth-order valence-corrected chi connectivity index (χ4v) is 2.03. The molecule has 0 saturated heterocycles. The van der Waals surface area contributed by atoms with Gasteiger partial charge in [-0.2, -0.15) is 0 Å². The molecule has 1 unspecified atom stereocenters. The van der Waals surface area contributed by atoms with Gasteiger partial charge in [0.25, 0.3) is 0 Å². The highest BCUT2D eigenvalue weighted by atomic mass is 16.3. The molecule has 0 aliphatic rings. The van der Waals surface area contributed by atoms with E-state index in [9.17, 15) is 4.79 Å². The van der Waals surface area contributed by atoms with Crippen LogP contribution in [0.15, 0.2) is 16.5 Å². The van der Waals surface area contributed by atoms with E-state index in [2.05, 4.69) is 0 Å². The number of aryl methyl sites for hydroxylation is 1. The summed E-state index contributed by atoms with van der Waals surface area (Å²) in [5.41, 5.74) is 5.72. The lowest BCUT2D eigenvalue weighted by Crippen LogP contribution is -2.39. The van der Waals surface area contributed by atoms with Crippen molar-refractivity contribution in [2.75, 3.05) is 19.6 Å². The van der Waals surface area contributed by atoms with Crippen molar-refractivity contribution in [3.63, 3.8) is 0 Å². The van der Waals surface area contributed by atoms with Crippen LogP contribution < -0.4 is 5.73 Å². The molecule has 1 heterocycles. The van der Waals surface area contributed by atoms with Gasteiger partial charge in [-0.15, -0.1) is 0 Å². The Bertz CT molecular complexity index is 370. The van der Waals surface area contributed by atoms with E-state index >= 15 is 0 Å². The molecule has 2 N–H and O–H groups in total. The molecule has 0 aromatic carbocycles. The van der Waals surface area contributed by atoms with Crippen LogP contribution in [0.1, 0.15) is 32.3 Å². The van der Waals surface area contributed by atoms with Crippen LogP contribution in [0.3, 0.4) is 0 Å². The first-order valence-corrected chi connectivity index (χ1v) is 6.72. The summed E-state index contributed by atoms with van der Waals surface area (Å²) in [5, 5.41) is 0. The van der Waals surface area contributed by atoms with Crippen molar-refractivity contribution in [1.29, 1.82) is 0 Å². The number of amides is 1. The Labute approximate surface area is 109 Å². The number of furan rings is 1. The highest BCUT2D eigenvalue weighted by Gasteiger charge is 2.22. The third kappa shape index (κ3) is 3.60. The molecule has 0 spiro atoms. The smallest absolute Gasteiger partial charge is 0.227 e. The Balaban J connectivity index is 2.69. The largest absolute Gasteiger partial charge is 0.466 e. The highest BCUT2D eigenvalue weighted by molar-refractivity contribution is 5.79. The molecular formula is C14H24N2O2. The second-order valence-corrected chi connectivity index (χ2v) is 4.37. The molecular weight excluding hydrogens is 228 g/mol. The number of nitrogens with two attached hydrogens (primary N) is 1. The van der Waals surface area contributed by atoms with E-state index in [1.807, 2.05) is 37.8 Å². The minimum Gasteiger partial charge on any atom is -0.466 e. The van der Waals surface area contributed by atoms with Crippen molar-refractivity contribution in [2.24, 2.45) is 11.7 Å². The summed E-state index contributed by atoms with van der Waals surface area (Å²) in [4.78, 5) is 14.0. The van der Waals surface area contributed by atoms with E-state index in [-0.39, 0.29) is 11.8 Å². The lowest BCUT2D eigenvalue weighted by Gasteiger charge is -2.23. The minimum atomic E-state index is -0.180. The summed E-state index contributed by atoms with van der Waals surface area (Å²) in [7, 11) is 0. The summed E-state index contributed by atoms with van der Waals surface area (Å²) in [6, 6.07) is 3.90. The van der Waals surface area contributed by atoms with Crippen LogP contribution >= 0.6 is 0 Å². The van der Waals surface area contributed by atoms with Crippen molar-refractivity contribution in [3.05, 3.63) is 23.7 Å². The Kier molecular flexibility index (Phi) is 5.92. The molecule has 18 heavy (non-hydrogen) atoms. The van der Waals surface area contributed by atoms with Crippen LogP contribution in [-0.2, 0) is 17.6 Å². The van der Waals surface area contributed by atoms with Crippen molar-refractivity contribution < 1.29 is 9.21 Å². The molecule has 1 amide bonds. The maximum atomic E-state index is 12.2. The molecule has 0 bridgehead atoms. The number of hydrogen-bond acceptors (Lipinski definition) is 3. The van der Waals surface area contributed by atoms with Gasteiger partial charge in [-0.25, -0.2) is 0 Å². The SMILES string of the molecule is CCc1ccc(CC(CN)C(=O)N(CC)CC)o1. The number of nitrogens with zero attached hydrogens (tertiary/aromatic N) is 1. The zero-order chi connectivity index (χ0) is 13.5. The van der Waals surface area contributed by atoms with Gasteiger partial charge in [0, 0.05) is 32.5 Å². The topological polar surface area (TPSA) is 59.5 Å². The predicted octanol–water partition coefficient (Wildman–Crippen LogP) is 1.83. The van der Waals surface area contributed by atoms with Crippen LogP contribution in [0, 0.1) is 5.92 Å². The maximum Gasteiger partial charge on any atom is 0.227 e. The van der Waals surface area contributed by atoms with E-state index in [1.165, 1.54) is 0 Å². The van der Waals surface area contributed by atoms with Gasteiger partial charge in [-0.05, 0) is 26.0 Å². The highest BCUT2D eigenvalue weighted by Crippen LogP contribution is 2.15. The van der Waals surface area contributed by atoms with Crippen molar-refractivity contribution in [1.82, 2.24) is 4.90 Å². The maximum absolute atomic E-state index is 12.2. The molecule has 0 aliphatic carbocycles. The van der Waals surface area contributed by atoms with Gasteiger partial charge in [0.15, 0.2) is 0 Å². The Morgan fingerprint density at radius 2 is 1.89 bits per heavy atom. The lowest BCUT2D eigenvalue weighted by molar-refractivity contribution is -0.134. The van der Waals surface area contributed by atoms with E-state index in [0.717, 1.165) is 31.0 Å². The monoisotopic (exact) mass is 252 g/mol. The Hall–Kier alpha value is -1.29. The first-order chi connectivity index (χ1) is 8.65. The number of carbonyl (C=O) groups excluding carboxylic acids is 1. The van der Waals surface area contributed by atoms with Gasteiger partial charge in [0.05, 0.1) is 5.92 Å². The summed E-state index contributed by atoms with van der Waals surface area (Å²) < 4.78 is 5.64. The zero-order valence-corrected chi connectivity index (χ0v) is 11.6. The molecule has 4 heteroatoms. The van der Waals surface area contributed by atoms with Gasteiger partial charge in [0.2, 0.25) is 5.91 Å². The fourth-order valence-electron chi connectivity index (χ4n) is 2.03. The van der Waals surface area contributed by atoms with Gasteiger partial charge in [-0.1, -0.05) is 6.92 Å². The number of hydrogen-bond donors (Lipinski definition) is 1. The second kappa shape index (κ2) is 7.21. The Morgan fingerprint density at radius 3 is 2.33 bits per heavy atom. The molecule has 0 saturated carbocycles. The quantitative estimate of drug-likeness (QED) is 0.805. The zero-order valence-electron chi connectivity index (χ0n) is 11.6. The molecule has 1 atom stereocenters. The first-order valence-electron chi connectivity index (χ1n) is 6.72. The standard InChI is InChI=1S/C14H24N2O2/c1-4-12-7-8-13(18-12)9-11(10-15)14(17)16(5-2)6-3/h7-8,11H,4-6,9-10,15H2,1-3H3. The molecule has 0 aliphatic heterocycles. The molecule has 1 aromatic rings. The van der Waals surface area contributed by atoms with Gasteiger partial charge in [0.1, 0.15) is 11.5 Å². The average Bonchev–Trinajstić information content (AvgIpc) is 2.84. The average molecular weight is 252 g/mol. The second-order valence-electron chi connectivity index (χ2n) is 4.37. The fraction of sp³-hybridized carbons (Fsp3) is 0.643. The summed E-state index contributed by atoms with van der Waals surface area (Å²) in [5.74, 6) is 1.75. The predicted molar refractivity (Wildman–Crippen MR) is 72.3 cm³/mol. The van der Waals surface area contributed by atoms with E-state index in [1.54, 1.807) is 0 Å². The summed E-state index contributed by atoms with van der Waals surface area (Å²) in [6.45, 7) is 7.82. The van der Waals surface area contributed by atoms with Crippen LogP contribution in [-0.4, -0.2) is 30.4 Å². The molecule has 1 aromatic heterocycles. The van der Waals surface area contributed by atoms with Gasteiger partial charge in [-0.3, -0.25) is 4.79 Å². The van der Waals surface area contributed by atoms with Crippen LogP contribution in [0.4, 0.5) is 0 Å². The third-order valence-electron chi connectivity index (χ3n) is 3.22. The van der Waals surface area contributed by atoms with Crippen molar-refractivity contribution in [3.8, 4) is 0 Å². The molecule has 0 fully saturated rings. The Morgan fingerprint density at radius 1 is 1.28 bits per heavy atom. The van der Waals surface area contributed by atoms with E-state index in [0.29, 0.717) is 13.0 Å². The van der Waals surface area contributed by atoms with Gasteiger partial charge >= 0.3 is 0 Å². The van der Waals surface area contributed by atoms with Crippen LogP contribution in [0.25, 0.3) is 0 Å². The minimum absolute atomic E-state index is 0.122. The van der Waals surface area contributed by atoms with Crippen molar-refractivity contribution >= 4 is 5.91 Å². The normalized spacial score (nSPS) is 12.4. The van der Waals surface area contributed by atoms with E-state index in [4.69, 9.17) is 10.2 Å². The van der Waals surface area contributed by atoms with Crippen LogP contribution in [0.2, 0.25) is 0 Å². The lowest BCUT2D eigenvalue weighted by atomic mass is 10.0.